The second-order valence-corrected chi connectivity index (χ2v) is 17.8. The van der Waals surface area contributed by atoms with Gasteiger partial charge in [-0.2, -0.15) is 0 Å². The smallest absolute Gasteiger partial charge is 0.339 e. The van der Waals surface area contributed by atoms with Crippen molar-refractivity contribution in [3.8, 4) is 29.3 Å². The van der Waals surface area contributed by atoms with Crippen molar-refractivity contribution in [2.45, 2.75) is 130 Å². The summed E-state index contributed by atoms with van der Waals surface area (Å²) in [5, 5.41) is 3.62. The average molecular weight is 791 g/mol. The number of hydrogen-bond donors (Lipinski definition) is 0. The summed E-state index contributed by atoms with van der Waals surface area (Å²) in [5.74, 6) is -1.24. The molecule has 0 aliphatic heterocycles. The Hall–Kier alpha value is -2.40. The lowest BCUT2D eigenvalue weighted by atomic mass is 9.96. The number of unbranched alkanes of at least 4 members (excludes halogenated alkanes) is 8. The third-order valence-electron chi connectivity index (χ3n) is 9.56. The Morgan fingerprint density at radius 1 is 0.558 bits per heavy atom. The first-order chi connectivity index (χ1) is 25.3. The van der Waals surface area contributed by atoms with E-state index in [2.05, 4.69) is 27.7 Å². The highest BCUT2D eigenvalue weighted by Gasteiger charge is 2.26. The van der Waals surface area contributed by atoms with Crippen molar-refractivity contribution in [1.29, 1.82) is 0 Å². The molecule has 0 N–H and O–H groups in total. The van der Waals surface area contributed by atoms with Gasteiger partial charge in [0.2, 0.25) is 0 Å². The van der Waals surface area contributed by atoms with Gasteiger partial charge in [0, 0.05) is 9.75 Å². The molecule has 0 bridgehead atoms. The lowest BCUT2D eigenvalue weighted by molar-refractivity contribution is 0.0415. The maximum atomic E-state index is 15.6. The molecule has 52 heavy (non-hydrogen) atoms. The van der Waals surface area contributed by atoms with E-state index in [1.165, 1.54) is 73.3 Å². The monoisotopic (exact) mass is 790 g/mol. The molecule has 4 aromatic rings. The number of hydrogen-bond acceptors (Lipinski definition) is 8. The molecule has 0 saturated carbocycles. The summed E-state index contributed by atoms with van der Waals surface area (Å²) < 4.78 is 42.8. The summed E-state index contributed by atoms with van der Waals surface area (Å²) in [6.07, 6.45) is 18.1. The number of esters is 2. The van der Waals surface area contributed by atoms with Gasteiger partial charge in [0.1, 0.15) is 11.6 Å². The van der Waals surface area contributed by atoms with Crippen molar-refractivity contribution in [2.75, 3.05) is 13.2 Å². The largest absolute Gasteiger partial charge is 0.462 e. The fourth-order valence-electron chi connectivity index (χ4n) is 6.46. The first-order valence-electron chi connectivity index (χ1n) is 19.4. The van der Waals surface area contributed by atoms with Crippen molar-refractivity contribution >= 4 is 57.3 Å². The number of rotatable bonds is 25. The molecule has 2 atom stereocenters. The number of ether oxygens (including phenoxy) is 2. The zero-order valence-corrected chi connectivity index (χ0v) is 34.6. The van der Waals surface area contributed by atoms with E-state index in [-0.39, 0.29) is 9.75 Å². The van der Waals surface area contributed by atoms with Crippen LogP contribution in [0.1, 0.15) is 151 Å². The molecule has 2 unspecified atom stereocenters. The molecule has 0 aliphatic carbocycles. The van der Waals surface area contributed by atoms with E-state index in [1.54, 1.807) is 12.1 Å². The average Bonchev–Trinajstić information content (AvgIpc) is 3.96. The van der Waals surface area contributed by atoms with Crippen LogP contribution in [0.5, 0.6) is 0 Å². The molecule has 0 spiro atoms. The Labute approximate surface area is 326 Å². The van der Waals surface area contributed by atoms with Gasteiger partial charge in [0.05, 0.1) is 43.8 Å². The van der Waals surface area contributed by atoms with Crippen LogP contribution >= 0.6 is 45.3 Å². The van der Waals surface area contributed by atoms with Crippen LogP contribution in [0.3, 0.4) is 0 Å². The molecular formula is C42H56F2O4S4. The SMILES string of the molecule is CCCCCCC(CCCC)COC(=O)c1ccsc1-c1cc(F)c(-c2sc(-c3sccc3C(=O)OCC(CCCC)CCCCCC)cc2F)s1. The van der Waals surface area contributed by atoms with Gasteiger partial charge in [-0.15, -0.1) is 45.3 Å². The highest BCUT2D eigenvalue weighted by molar-refractivity contribution is 7.28. The lowest BCUT2D eigenvalue weighted by Crippen LogP contribution is -2.15. The number of halogens is 2. The van der Waals surface area contributed by atoms with Crippen molar-refractivity contribution < 1.29 is 27.8 Å². The van der Waals surface area contributed by atoms with E-state index in [0.29, 0.717) is 55.7 Å². The predicted octanol–water partition coefficient (Wildman–Crippen LogP) is 15.1. The van der Waals surface area contributed by atoms with Crippen molar-refractivity contribution in [3.63, 3.8) is 0 Å². The van der Waals surface area contributed by atoms with Crippen LogP contribution in [0, 0.1) is 23.5 Å². The van der Waals surface area contributed by atoms with Gasteiger partial charge in [-0.05, 0) is 72.5 Å². The third kappa shape index (κ3) is 12.3. The Kier molecular flexibility index (Phi) is 18.5. The lowest BCUT2D eigenvalue weighted by Gasteiger charge is -2.17. The van der Waals surface area contributed by atoms with Gasteiger partial charge >= 0.3 is 11.9 Å². The Morgan fingerprint density at radius 3 is 1.33 bits per heavy atom. The fourth-order valence-corrected chi connectivity index (χ4v) is 10.7. The number of thiophene rings is 4. The van der Waals surface area contributed by atoms with Crippen molar-refractivity contribution in [2.24, 2.45) is 11.8 Å². The Bertz CT molecular complexity index is 1530. The second kappa shape index (κ2) is 22.7. The van der Waals surface area contributed by atoms with E-state index >= 15 is 8.78 Å². The number of carbonyl (C=O) groups excluding carboxylic acids is 2. The molecule has 0 fully saturated rings. The summed E-state index contributed by atoms with van der Waals surface area (Å²) in [4.78, 5) is 29.3. The molecular weight excluding hydrogens is 735 g/mol. The molecule has 4 nitrogen and oxygen atoms in total. The summed E-state index contributed by atoms with van der Waals surface area (Å²) in [6.45, 7) is 9.51. The summed E-state index contributed by atoms with van der Waals surface area (Å²) in [6, 6.07) is 6.21. The van der Waals surface area contributed by atoms with Crippen LogP contribution in [0.15, 0.2) is 35.0 Å². The van der Waals surface area contributed by atoms with Crippen LogP contribution < -0.4 is 0 Å². The Balaban J connectivity index is 1.45. The second-order valence-electron chi connectivity index (χ2n) is 13.8. The van der Waals surface area contributed by atoms with Gasteiger partial charge in [-0.1, -0.05) is 105 Å². The fraction of sp³-hybridized carbons (Fsp3) is 0.571. The molecule has 286 valence electrons. The van der Waals surface area contributed by atoms with E-state index in [0.717, 1.165) is 86.9 Å². The van der Waals surface area contributed by atoms with Crippen molar-refractivity contribution in [1.82, 2.24) is 0 Å². The van der Waals surface area contributed by atoms with E-state index < -0.39 is 23.6 Å². The molecule has 4 heterocycles. The Morgan fingerprint density at radius 2 is 0.942 bits per heavy atom. The van der Waals surface area contributed by atoms with Crippen LogP contribution in [0.25, 0.3) is 29.3 Å². The topological polar surface area (TPSA) is 52.6 Å². The van der Waals surface area contributed by atoms with Gasteiger partial charge in [-0.25, -0.2) is 18.4 Å². The van der Waals surface area contributed by atoms with Gasteiger partial charge in [0.15, 0.2) is 0 Å². The standard InChI is InChI=1S/C42H56F2O4S4/c1-5-9-13-15-19-29(17-11-7-3)27-47-41(45)31-21-23-49-37(31)35-25-33(43)39(51-35)40-34(44)26-36(52-40)38-32(22-24-50-38)42(46)48-28-30(18-12-8-4)20-16-14-10-6-2/h21-26,29-30H,5-20,27-28H2,1-4H3. The van der Waals surface area contributed by atoms with E-state index in [1.807, 2.05) is 10.8 Å². The first-order valence-corrected chi connectivity index (χ1v) is 22.8. The molecule has 4 rings (SSSR count). The quantitative estimate of drug-likeness (QED) is 0.0496. The summed E-state index contributed by atoms with van der Waals surface area (Å²) in [5.41, 5.74) is 0.815. The third-order valence-corrected chi connectivity index (χ3v) is 14.1. The van der Waals surface area contributed by atoms with Crippen molar-refractivity contribution in [3.05, 3.63) is 57.8 Å². The van der Waals surface area contributed by atoms with Crippen LogP contribution in [0.4, 0.5) is 8.78 Å². The summed E-state index contributed by atoms with van der Waals surface area (Å²) >= 11 is 4.95. The minimum atomic E-state index is -0.547. The van der Waals surface area contributed by atoms with Gasteiger partial charge in [0.25, 0.3) is 0 Å². The molecule has 0 aromatic carbocycles. The normalized spacial score (nSPS) is 12.7. The van der Waals surface area contributed by atoms with Crippen LogP contribution in [-0.2, 0) is 9.47 Å². The van der Waals surface area contributed by atoms with Crippen LogP contribution in [0.2, 0.25) is 0 Å². The highest BCUT2D eigenvalue weighted by atomic mass is 32.1. The highest BCUT2D eigenvalue weighted by Crippen LogP contribution is 2.47. The molecule has 10 heteroatoms. The first kappa shape index (κ1) is 42.3. The maximum absolute atomic E-state index is 15.6. The minimum Gasteiger partial charge on any atom is -0.462 e. The minimum absolute atomic E-state index is 0.172. The molecule has 4 aromatic heterocycles. The van der Waals surface area contributed by atoms with Crippen LogP contribution in [-0.4, -0.2) is 25.2 Å². The molecule has 0 aliphatic rings. The maximum Gasteiger partial charge on any atom is 0.339 e. The molecule has 0 saturated heterocycles. The molecule has 0 amide bonds. The number of carbonyl (C=O) groups is 2. The zero-order valence-electron chi connectivity index (χ0n) is 31.4. The van der Waals surface area contributed by atoms with E-state index in [9.17, 15) is 9.59 Å². The summed E-state index contributed by atoms with van der Waals surface area (Å²) in [7, 11) is 0. The van der Waals surface area contributed by atoms with Gasteiger partial charge in [-0.3, -0.25) is 0 Å². The zero-order chi connectivity index (χ0) is 37.3. The van der Waals surface area contributed by atoms with Gasteiger partial charge < -0.3 is 9.47 Å². The predicted molar refractivity (Wildman–Crippen MR) is 218 cm³/mol. The molecule has 0 radical (unpaired) electrons. The van der Waals surface area contributed by atoms with E-state index in [4.69, 9.17) is 9.47 Å².